The minimum Gasteiger partial charge on any atom is -0.355 e. The quantitative estimate of drug-likeness (QED) is 0.848. The molecule has 5 nitrogen and oxygen atoms in total. The Kier molecular flexibility index (Phi) is 6.12. The van der Waals surface area contributed by atoms with E-state index in [2.05, 4.69) is 21.8 Å². The van der Waals surface area contributed by atoms with E-state index in [1.165, 1.54) is 0 Å². The summed E-state index contributed by atoms with van der Waals surface area (Å²) in [7, 11) is 0. The third-order valence-electron chi connectivity index (χ3n) is 5.20. The number of piperidine rings is 1. The summed E-state index contributed by atoms with van der Waals surface area (Å²) in [6.07, 6.45) is 5.67. The highest BCUT2D eigenvalue weighted by atomic mass is 16.2. The number of benzene rings is 1. The van der Waals surface area contributed by atoms with Crippen molar-refractivity contribution < 1.29 is 4.79 Å². The van der Waals surface area contributed by atoms with Gasteiger partial charge in [0.25, 0.3) is 0 Å². The van der Waals surface area contributed by atoms with Crippen molar-refractivity contribution in [2.45, 2.75) is 33.6 Å². The fourth-order valence-corrected chi connectivity index (χ4v) is 3.37. The molecule has 1 aliphatic heterocycles. The minimum atomic E-state index is -0.336. The molecule has 0 spiro atoms. The average Bonchev–Trinajstić information content (AvgIpc) is 2.72. The first kappa shape index (κ1) is 20.1. The number of aromatic nitrogens is 2. The van der Waals surface area contributed by atoms with E-state index in [1.54, 1.807) is 6.08 Å². The molecular formula is C23H30N4O. The van der Waals surface area contributed by atoms with Crippen LogP contribution < -0.4 is 10.2 Å². The van der Waals surface area contributed by atoms with E-state index in [1.807, 2.05) is 57.3 Å². The molecule has 0 atom stereocenters. The summed E-state index contributed by atoms with van der Waals surface area (Å²) < 4.78 is 0. The third-order valence-corrected chi connectivity index (χ3v) is 5.20. The SMILES string of the molecule is C=Cc1ncc(N2CCC(CNC(=O)C(C)(C)C)CC2)nc1-c1ccccc1. The zero-order chi connectivity index (χ0) is 20.1. The second kappa shape index (κ2) is 8.55. The van der Waals surface area contributed by atoms with Crippen molar-refractivity contribution in [1.82, 2.24) is 15.3 Å². The Bertz CT molecular complexity index is 818. The summed E-state index contributed by atoms with van der Waals surface area (Å²) in [6, 6.07) is 10.1. The van der Waals surface area contributed by atoms with Crippen LogP contribution in [0.5, 0.6) is 0 Å². The molecule has 0 unspecified atom stereocenters. The van der Waals surface area contributed by atoms with Gasteiger partial charge in [0, 0.05) is 30.6 Å². The minimum absolute atomic E-state index is 0.119. The van der Waals surface area contributed by atoms with E-state index in [0.717, 1.165) is 55.2 Å². The van der Waals surface area contributed by atoms with Crippen LogP contribution in [0.15, 0.2) is 43.1 Å². The van der Waals surface area contributed by atoms with Gasteiger partial charge in [-0.3, -0.25) is 9.78 Å². The maximum atomic E-state index is 12.1. The maximum absolute atomic E-state index is 12.1. The third kappa shape index (κ3) is 4.77. The van der Waals surface area contributed by atoms with Gasteiger partial charge >= 0.3 is 0 Å². The lowest BCUT2D eigenvalue weighted by molar-refractivity contribution is -0.128. The van der Waals surface area contributed by atoms with Crippen LogP contribution in [0.3, 0.4) is 0 Å². The average molecular weight is 379 g/mol. The standard InChI is InChI=1S/C23H30N4O/c1-5-19-21(18-9-7-6-8-10-18)26-20(16-24-19)27-13-11-17(12-14-27)15-25-22(28)23(2,3)4/h5-10,16-17H,1,11-15H2,2-4H3,(H,25,28). The molecule has 0 bridgehead atoms. The van der Waals surface area contributed by atoms with Gasteiger partial charge in [-0.05, 0) is 24.8 Å². The first-order valence-corrected chi connectivity index (χ1v) is 9.96. The smallest absolute Gasteiger partial charge is 0.225 e. The molecular weight excluding hydrogens is 348 g/mol. The first-order chi connectivity index (χ1) is 13.4. The lowest BCUT2D eigenvalue weighted by Crippen LogP contribution is -2.42. The number of amides is 1. The molecule has 0 saturated carbocycles. The van der Waals surface area contributed by atoms with Gasteiger partial charge in [-0.2, -0.15) is 0 Å². The van der Waals surface area contributed by atoms with Gasteiger partial charge in [0.05, 0.1) is 17.6 Å². The highest BCUT2D eigenvalue weighted by molar-refractivity contribution is 5.81. The largest absolute Gasteiger partial charge is 0.355 e. The molecule has 3 rings (SSSR count). The molecule has 0 aliphatic carbocycles. The Labute approximate surface area is 167 Å². The molecule has 1 aromatic carbocycles. The van der Waals surface area contributed by atoms with Gasteiger partial charge in [0.2, 0.25) is 5.91 Å². The number of hydrogen-bond acceptors (Lipinski definition) is 4. The maximum Gasteiger partial charge on any atom is 0.225 e. The molecule has 1 aliphatic rings. The molecule has 1 aromatic heterocycles. The fraction of sp³-hybridized carbons (Fsp3) is 0.435. The Morgan fingerprint density at radius 3 is 2.54 bits per heavy atom. The molecule has 1 fully saturated rings. The van der Waals surface area contributed by atoms with E-state index in [0.29, 0.717) is 5.92 Å². The highest BCUT2D eigenvalue weighted by Crippen LogP contribution is 2.26. The van der Waals surface area contributed by atoms with Crippen molar-refractivity contribution in [3.63, 3.8) is 0 Å². The van der Waals surface area contributed by atoms with Gasteiger partial charge in [0.15, 0.2) is 0 Å². The molecule has 1 N–H and O–H groups in total. The van der Waals surface area contributed by atoms with Crippen molar-refractivity contribution in [1.29, 1.82) is 0 Å². The van der Waals surface area contributed by atoms with E-state index in [-0.39, 0.29) is 11.3 Å². The second-order valence-electron chi connectivity index (χ2n) is 8.42. The van der Waals surface area contributed by atoms with Crippen molar-refractivity contribution in [2.24, 2.45) is 11.3 Å². The van der Waals surface area contributed by atoms with Crippen LogP contribution in [0.4, 0.5) is 5.82 Å². The summed E-state index contributed by atoms with van der Waals surface area (Å²) >= 11 is 0. The summed E-state index contributed by atoms with van der Waals surface area (Å²) in [5.74, 6) is 1.53. The molecule has 1 amide bonds. The predicted octanol–water partition coefficient (Wildman–Crippen LogP) is 4.17. The molecule has 2 aromatic rings. The topological polar surface area (TPSA) is 58.1 Å². The van der Waals surface area contributed by atoms with Crippen LogP contribution in [0, 0.1) is 11.3 Å². The molecule has 5 heteroatoms. The van der Waals surface area contributed by atoms with Crippen LogP contribution in [0.25, 0.3) is 17.3 Å². The first-order valence-electron chi connectivity index (χ1n) is 9.96. The lowest BCUT2D eigenvalue weighted by atomic mass is 9.93. The van der Waals surface area contributed by atoms with Crippen LogP contribution in [0.2, 0.25) is 0 Å². The molecule has 0 radical (unpaired) electrons. The van der Waals surface area contributed by atoms with E-state index in [4.69, 9.17) is 4.98 Å². The number of carbonyl (C=O) groups is 1. The van der Waals surface area contributed by atoms with Crippen molar-refractivity contribution in [2.75, 3.05) is 24.5 Å². The van der Waals surface area contributed by atoms with E-state index >= 15 is 0 Å². The number of hydrogen-bond donors (Lipinski definition) is 1. The highest BCUT2D eigenvalue weighted by Gasteiger charge is 2.25. The van der Waals surface area contributed by atoms with Gasteiger partial charge in [-0.25, -0.2) is 4.98 Å². The van der Waals surface area contributed by atoms with Crippen LogP contribution in [0.1, 0.15) is 39.3 Å². The monoisotopic (exact) mass is 378 g/mol. The van der Waals surface area contributed by atoms with Crippen LogP contribution >= 0.6 is 0 Å². The van der Waals surface area contributed by atoms with Crippen LogP contribution in [-0.2, 0) is 4.79 Å². The van der Waals surface area contributed by atoms with Crippen LogP contribution in [-0.4, -0.2) is 35.5 Å². The fourth-order valence-electron chi connectivity index (χ4n) is 3.37. The summed E-state index contributed by atoms with van der Waals surface area (Å²) in [4.78, 5) is 23.8. The zero-order valence-corrected chi connectivity index (χ0v) is 17.1. The molecule has 2 heterocycles. The summed E-state index contributed by atoms with van der Waals surface area (Å²) in [6.45, 7) is 12.3. The Morgan fingerprint density at radius 1 is 1.25 bits per heavy atom. The lowest BCUT2D eigenvalue weighted by Gasteiger charge is -2.33. The predicted molar refractivity (Wildman–Crippen MR) is 115 cm³/mol. The number of carbonyl (C=O) groups excluding carboxylic acids is 1. The Morgan fingerprint density at radius 2 is 1.93 bits per heavy atom. The number of nitrogens with one attached hydrogen (secondary N) is 1. The number of nitrogens with zero attached hydrogens (tertiary/aromatic N) is 3. The van der Waals surface area contributed by atoms with Crippen molar-refractivity contribution >= 4 is 17.8 Å². The van der Waals surface area contributed by atoms with Crippen molar-refractivity contribution in [3.8, 4) is 11.3 Å². The molecule has 1 saturated heterocycles. The molecule has 148 valence electrons. The zero-order valence-electron chi connectivity index (χ0n) is 17.1. The van der Waals surface area contributed by atoms with E-state index in [9.17, 15) is 4.79 Å². The summed E-state index contributed by atoms with van der Waals surface area (Å²) in [5, 5.41) is 3.10. The molecule has 28 heavy (non-hydrogen) atoms. The number of rotatable bonds is 5. The second-order valence-corrected chi connectivity index (χ2v) is 8.42. The van der Waals surface area contributed by atoms with Gasteiger partial charge in [-0.15, -0.1) is 0 Å². The van der Waals surface area contributed by atoms with E-state index < -0.39 is 0 Å². The Hall–Kier alpha value is -2.69. The summed E-state index contributed by atoms with van der Waals surface area (Å²) in [5.41, 5.74) is 2.38. The van der Waals surface area contributed by atoms with Crippen molar-refractivity contribution in [3.05, 3.63) is 48.8 Å². The van der Waals surface area contributed by atoms with Gasteiger partial charge in [-0.1, -0.05) is 57.7 Å². The Balaban J connectivity index is 1.65. The normalized spacial score (nSPS) is 15.3. The number of anilines is 1. The van der Waals surface area contributed by atoms with Gasteiger partial charge < -0.3 is 10.2 Å². The van der Waals surface area contributed by atoms with Gasteiger partial charge in [0.1, 0.15) is 5.82 Å².